The molecule has 0 heterocycles. The maximum Gasteiger partial charge on any atom is 0.220 e. The van der Waals surface area contributed by atoms with Crippen molar-refractivity contribution in [2.45, 2.75) is 58.4 Å². The van der Waals surface area contributed by atoms with Crippen LogP contribution in [0.3, 0.4) is 0 Å². The third-order valence-corrected chi connectivity index (χ3v) is 4.05. The number of rotatable bonds is 9. The van der Waals surface area contributed by atoms with Crippen molar-refractivity contribution in [3.8, 4) is 0 Å². The zero-order valence-corrected chi connectivity index (χ0v) is 17.7. The van der Waals surface area contributed by atoms with Gasteiger partial charge in [-0.25, -0.2) is 0 Å². The Bertz CT molecular complexity index is 360. The van der Waals surface area contributed by atoms with Gasteiger partial charge in [0.05, 0.1) is 13.2 Å². The summed E-state index contributed by atoms with van der Waals surface area (Å²) in [4.78, 5) is 16.4. The second kappa shape index (κ2) is 14.7. The van der Waals surface area contributed by atoms with E-state index in [0.717, 1.165) is 12.5 Å². The molecule has 0 aromatic heterocycles. The van der Waals surface area contributed by atoms with Gasteiger partial charge >= 0.3 is 0 Å². The fourth-order valence-electron chi connectivity index (χ4n) is 2.93. The molecule has 0 spiro atoms. The van der Waals surface area contributed by atoms with Crippen molar-refractivity contribution in [2.75, 3.05) is 33.4 Å². The number of aliphatic imine (C=N–C) groups is 1. The summed E-state index contributed by atoms with van der Waals surface area (Å²) >= 11 is 0. The largest absolute Gasteiger partial charge is 0.383 e. The molecule has 1 aliphatic carbocycles. The normalized spacial score (nSPS) is 16.9. The second-order valence-electron chi connectivity index (χ2n) is 6.32. The molecule has 1 atom stereocenters. The van der Waals surface area contributed by atoms with Crippen LogP contribution in [0.4, 0.5) is 0 Å². The first-order valence-electron chi connectivity index (χ1n) is 8.96. The smallest absolute Gasteiger partial charge is 0.220 e. The summed E-state index contributed by atoms with van der Waals surface area (Å²) < 4.78 is 5.11. The van der Waals surface area contributed by atoms with Crippen LogP contribution in [-0.4, -0.2) is 51.3 Å². The first-order valence-corrected chi connectivity index (χ1v) is 8.96. The number of amides is 1. The molecule has 3 N–H and O–H groups in total. The van der Waals surface area contributed by atoms with Gasteiger partial charge in [-0.1, -0.05) is 19.3 Å². The molecule has 1 amide bonds. The maximum absolute atomic E-state index is 11.9. The molecule has 0 saturated heterocycles. The minimum Gasteiger partial charge on any atom is -0.383 e. The van der Waals surface area contributed by atoms with E-state index in [0.29, 0.717) is 32.0 Å². The lowest BCUT2D eigenvalue weighted by atomic mass is 9.87. The standard InChI is InChI=1S/C17H34N4O2.HI/c1-4-18-17(21-14(2)13-23-3)20-11-10-19-16(22)12-15-8-6-5-7-9-15;/h14-15H,4-13H2,1-3H3,(H,19,22)(H2,18,20,21);1H. The highest BCUT2D eigenvalue weighted by molar-refractivity contribution is 14.0. The van der Waals surface area contributed by atoms with Gasteiger partial charge < -0.3 is 20.7 Å². The molecule has 1 saturated carbocycles. The van der Waals surface area contributed by atoms with Crippen molar-refractivity contribution in [2.24, 2.45) is 10.9 Å². The van der Waals surface area contributed by atoms with E-state index in [1.807, 2.05) is 13.8 Å². The van der Waals surface area contributed by atoms with E-state index in [1.54, 1.807) is 7.11 Å². The van der Waals surface area contributed by atoms with Gasteiger partial charge in [0, 0.05) is 32.7 Å². The Kier molecular flexibility index (Phi) is 14.4. The van der Waals surface area contributed by atoms with Crippen LogP contribution in [0.25, 0.3) is 0 Å². The summed E-state index contributed by atoms with van der Waals surface area (Å²) in [5, 5.41) is 9.45. The number of nitrogens with one attached hydrogen (secondary N) is 3. The molecule has 142 valence electrons. The van der Waals surface area contributed by atoms with Crippen LogP contribution in [0.15, 0.2) is 4.99 Å². The minimum absolute atomic E-state index is 0. The van der Waals surface area contributed by atoms with Crippen molar-refractivity contribution in [3.63, 3.8) is 0 Å². The van der Waals surface area contributed by atoms with Crippen molar-refractivity contribution < 1.29 is 9.53 Å². The first kappa shape index (κ1) is 23.4. The molecule has 1 aliphatic rings. The SMILES string of the molecule is CCNC(=NCCNC(=O)CC1CCCCC1)NC(C)COC.I. The summed E-state index contributed by atoms with van der Waals surface area (Å²) in [7, 11) is 1.68. The molecule has 1 unspecified atom stereocenters. The van der Waals surface area contributed by atoms with Gasteiger partial charge in [-0.3, -0.25) is 9.79 Å². The molecule has 1 fully saturated rings. The fraction of sp³-hybridized carbons (Fsp3) is 0.882. The summed E-state index contributed by atoms with van der Waals surface area (Å²) in [5.41, 5.74) is 0. The van der Waals surface area contributed by atoms with Gasteiger partial charge in [0.2, 0.25) is 5.91 Å². The Morgan fingerprint density at radius 3 is 2.58 bits per heavy atom. The Balaban J connectivity index is 0.00000529. The van der Waals surface area contributed by atoms with E-state index in [9.17, 15) is 4.79 Å². The van der Waals surface area contributed by atoms with Gasteiger partial charge in [0.25, 0.3) is 0 Å². The predicted molar refractivity (Wildman–Crippen MR) is 110 cm³/mol. The molecule has 0 aromatic rings. The number of hydrogen-bond acceptors (Lipinski definition) is 3. The van der Waals surface area contributed by atoms with E-state index < -0.39 is 0 Å². The third kappa shape index (κ3) is 11.1. The molecule has 0 aliphatic heterocycles. The van der Waals surface area contributed by atoms with Crippen molar-refractivity contribution in [3.05, 3.63) is 0 Å². The lowest BCUT2D eigenvalue weighted by molar-refractivity contribution is -0.122. The Morgan fingerprint density at radius 1 is 1.25 bits per heavy atom. The highest BCUT2D eigenvalue weighted by Gasteiger charge is 2.16. The van der Waals surface area contributed by atoms with Gasteiger partial charge in [0.15, 0.2) is 5.96 Å². The van der Waals surface area contributed by atoms with Crippen LogP contribution in [-0.2, 0) is 9.53 Å². The number of ether oxygens (including phenoxy) is 1. The zero-order chi connectivity index (χ0) is 16.9. The monoisotopic (exact) mass is 454 g/mol. The summed E-state index contributed by atoms with van der Waals surface area (Å²) in [6.07, 6.45) is 6.97. The van der Waals surface area contributed by atoms with Crippen LogP contribution in [0.5, 0.6) is 0 Å². The van der Waals surface area contributed by atoms with Gasteiger partial charge in [-0.2, -0.15) is 0 Å². The van der Waals surface area contributed by atoms with Crippen molar-refractivity contribution in [1.29, 1.82) is 0 Å². The van der Waals surface area contributed by atoms with E-state index >= 15 is 0 Å². The number of carbonyl (C=O) groups is 1. The molecule has 6 nitrogen and oxygen atoms in total. The average Bonchev–Trinajstić information content (AvgIpc) is 2.53. The van der Waals surface area contributed by atoms with Crippen LogP contribution in [0.1, 0.15) is 52.4 Å². The van der Waals surface area contributed by atoms with Crippen molar-refractivity contribution >= 4 is 35.8 Å². The van der Waals surface area contributed by atoms with Gasteiger partial charge in [0.1, 0.15) is 0 Å². The molecule has 0 bridgehead atoms. The second-order valence-corrected chi connectivity index (χ2v) is 6.32. The average molecular weight is 454 g/mol. The Labute approximate surface area is 164 Å². The zero-order valence-electron chi connectivity index (χ0n) is 15.4. The van der Waals surface area contributed by atoms with Crippen molar-refractivity contribution in [1.82, 2.24) is 16.0 Å². The lowest BCUT2D eigenvalue weighted by Gasteiger charge is -2.20. The van der Waals surface area contributed by atoms with Crippen LogP contribution in [0, 0.1) is 5.92 Å². The summed E-state index contributed by atoms with van der Waals surface area (Å²) in [6.45, 7) is 6.67. The summed E-state index contributed by atoms with van der Waals surface area (Å²) in [5.74, 6) is 1.51. The molecule has 24 heavy (non-hydrogen) atoms. The third-order valence-electron chi connectivity index (χ3n) is 4.05. The van der Waals surface area contributed by atoms with Gasteiger partial charge in [-0.15, -0.1) is 24.0 Å². The maximum atomic E-state index is 11.9. The van der Waals surface area contributed by atoms with E-state index in [4.69, 9.17) is 4.74 Å². The van der Waals surface area contributed by atoms with Crippen LogP contribution < -0.4 is 16.0 Å². The first-order chi connectivity index (χ1) is 11.2. The van der Waals surface area contributed by atoms with Gasteiger partial charge in [-0.05, 0) is 32.6 Å². The molecule has 1 rings (SSSR count). The number of methoxy groups -OCH3 is 1. The predicted octanol–water partition coefficient (Wildman–Crippen LogP) is 2.28. The summed E-state index contributed by atoms with van der Waals surface area (Å²) in [6, 6.07) is 0.193. The molecule has 7 heteroatoms. The molecule has 0 radical (unpaired) electrons. The molecular formula is C17H35IN4O2. The Hall–Kier alpha value is -0.570. The van der Waals surface area contributed by atoms with E-state index in [-0.39, 0.29) is 35.9 Å². The number of hydrogen-bond donors (Lipinski definition) is 3. The fourth-order valence-corrected chi connectivity index (χ4v) is 2.93. The molecular weight excluding hydrogens is 419 g/mol. The Morgan fingerprint density at radius 2 is 1.96 bits per heavy atom. The van der Waals surface area contributed by atoms with Crippen LogP contribution in [0.2, 0.25) is 0 Å². The number of nitrogens with zero attached hydrogens (tertiary/aromatic N) is 1. The number of halogens is 1. The van der Waals surface area contributed by atoms with E-state index in [1.165, 1.54) is 32.1 Å². The highest BCUT2D eigenvalue weighted by Crippen LogP contribution is 2.25. The minimum atomic E-state index is 0. The number of guanidine groups is 1. The number of carbonyl (C=O) groups excluding carboxylic acids is 1. The lowest BCUT2D eigenvalue weighted by Crippen LogP contribution is -2.44. The highest BCUT2D eigenvalue weighted by atomic mass is 127. The quantitative estimate of drug-likeness (QED) is 0.216. The topological polar surface area (TPSA) is 74.8 Å². The van der Waals surface area contributed by atoms with Crippen LogP contribution >= 0.6 is 24.0 Å². The molecule has 0 aromatic carbocycles. The van der Waals surface area contributed by atoms with E-state index in [2.05, 4.69) is 20.9 Å².